The first-order chi connectivity index (χ1) is 15.6. The van der Waals surface area contributed by atoms with E-state index in [2.05, 4.69) is 10.6 Å². The number of carbonyl (C=O) groups is 2. The Balaban J connectivity index is 0.00000408. The Bertz CT molecular complexity index is 1200. The van der Waals surface area contributed by atoms with Crippen LogP contribution in [0, 0.1) is 0 Å². The molecule has 0 aromatic heterocycles. The fraction of sp³-hybridized carbons (Fsp3) is 0.130. The zero-order chi connectivity index (χ0) is 24.2. The number of halogens is 4. The van der Waals surface area contributed by atoms with Crippen molar-refractivity contribution < 1.29 is 33.0 Å². The number of nitrogens with one attached hydrogen (secondary N) is 2. The molecule has 0 saturated carbocycles. The summed E-state index contributed by atoms with van der Waals surface area (Å²) in [5, 5.41) is 24.6. The third-order valence-corrected chi connectivity index (χ3v) is 4.79. The van der Waals surface area contributed by atoms with Crippen LogP contribution in [0.1, 0.15) is 31.8 Å². The summed E-state index contributed by atoms with van der Waals surface area (Å²) in [7, 11) is 0. The highest BCUT2D eigenvalue weighted by Gasteiger charge is 2.31. The summed E-state index contributed by atoms with van der Waals surface area (Å²) in [6, 6.07) is 13.2. The van der Waals surface area contributed by atoms with Crippen LogP contribution in [0.4, 0.5) is 35.9 Å². The number of hydrogen-bond donors (Lipinski definition) is 5. The summed E-state index contributed by atoms with van der Waals surface area (Å²) in [6.45, 7) is 0.321. The van der Waals surface area contributed by atoms with E-state index in [1.807, 2.05) is 0 Å². The lowest BCUT2D eigenvalue weighted by atomic mass is 10.1. The molecule has 3 rings (SSSR count). The van der Waals surface area contributed by atoms with Crippen LogP contribution in [0.3, 0.4) is 0 Å². The van der Waals surface area contributed by atoms with Crippen molar-refractivity contribution in [3.8, 4) is 0 Å². The zero-order valence-electron chi connectivity index (χ0n) is 17.5. The van der Waals surface area contributed by atoms with E-state index >= 15 is 0 Å². The quantitative estimate of drug-likeness (QED) is 0.279. The van der Waals surface area contributed by atoms with Crippen LogP contribution in [0.5, 0.6) is 0 Å². The van der Waals surface area contributed by atoms with Crippen LogP contribution in [0.25, 0.3) is 0 Å². The number of hydrogen-bond acceptors (Lipinski definition) is 5. The maximum Gasteiger partial charge on any atom is 0.416 e. The molecular weight excluding hydrogens is 475 g/mol. The highest BCUT2D eigenvalue weighted by atomic mass is 35.5. The molecule has 0 amide bonds. The SMILES string of the molecule is Cl.NCCc1ccc(Nc2ccc(C(F)(F)F)cc2Nc2ccccc2C(=O)O)c(C(=O)O)c1. The largest absolute Gasteiger partial charge is 0.478 e. The molecule has 0 radical (unpaired) electrons. The lowest BCUT2D eigenvalue weighted by molar-refractivity contribution is -0.137. The van der Waals surface area contributed by atoms with Gasteiger partial charge >= 0.3 is 18.1 Å². The minimum atomic E-state index is -4.64. The average Bonchev–Trinajstić information content (AvgIpc) is 2.75. The van der Waals surface area contributed by atoms with Gasteiger partial charge in [-0.15, -0.1) is 12.4 Å². The van der Waals surface area contributed by atoms with E-state index in [1.54, 1.807) is 6.07 Å². The van der Waals surface area contributed by atoms with Crippen molar-refractivity contribution >= 4 is 47.1 Å². The van der Waals surface area contributed by atoms with E-state index in [1.165, 1.54) is 36.4 Å². The molecule has 0 aliphatic rings. The number of para-hydroxylation sites is 1. The second kappa shape index (κ2) is 10.9. The van der Waals surface area contributed by atoms with Gasteiger partial charge in [-0.1, -0.05) is 18.2 Å². The maximum atomic E-state index is 13.3. The fourth-order valence-electron chi connectivity index (χ4n) is 3.20. The standard InChI is InChI=1S/C23H20F3N3O4.ClH/c24-23(25,26)14-6-8-19(20(12-14)29-17-4-2-1-3-15(17)21(30)31)28-18-7-5-13(9-10-27)11-16(18)22(32)33;/h1-8,11-12,28-29H,9-10,27H2,(H,30,31)(H,32,33);1H. The third-order valence-electron chi connectivity index (χ3n) is 4.79. The van der Waals surface area contributed by atoms with Crippen LogP contribution < -0.4 is 16.4 Å². The van der Waals surface area contributed by atoms with Gasteiger partial charge in [-0.05, 0) is 61.0 Å². The molecule has 0 aliphatic carbocycles. The second-order valence-electron chi connectivity index (χ2n) is 7.08. The molecule has 3 aromatic rings. The molecule has 0 fully saturated rings. The number of carboxylic acid groups (broad SMARTS) is 2. The number of rotatable bonds is 8. The molecular formula is C23H21ClF3N3O4. The van der Waals surface area contributed by atoms with E-state index in [-0.39, 0.29) is 46.3 Å². The number of benzene rings is 3. The van der Waals surface area contributed by atoms with Gasteiger partial charge in [0.1, 0.15) is 0 Å². The third kappa shape index (κ3) is 6.18. The Hall–Kier alpha value is -3.76. The Morgan fingerprint density at radius 2 is 1.38 bits per heavy atom. The van der Waals surface area contributed by atoms with Crippen LogP contribution in [-0.4, -0.2) is 28.7 Å². The molecule has 0 atom stereocenters. The summed E-state index contributed by atoms with van der Waals surface area (Å²) >= 11 is 0. The minimum absolute atomic E-state index is 0. The van der Waals surface area contributed by atoms with Crippen molar-refractivity contribution in [2.75, 3.05) is 17.2 Å². The van der Waals surface area contributed by atoms with Crippen LogP contribution >= 0.6 is 12.4 Å². The van der Waals surface area contributed by atoms with E-state index in [4.69, 9.17) is 5.73 Å². The molecule has 0 saturated heterocycles. The van der Waals surface area contributed by atoms with Gasteiger partial charge in [0.05, 0.1) is 39.4 Å². The normalized spacial score (nSPS) is 10.8. The van der Waals surface area contributed by atoms with Crippen molar-refractivity contribution in [3.63, 3.8) is 0 Å². The first-order valence-electron chi connectivity index (χ1n) is 9.74. The van der Waals surface area contributed by atoms with Gasteiger partial charge < -0.3 is 26.6 Å². The topological polar surface area (TPSA) is 125 Å². The molecule has 7 nitrogen and oxygen atoms in total. The molecule has 34 heavy (non-hydrogen) atoms. The van der Waals surface area contributed by atoms with Crippen LogP contribution in [0.2, 0.25) is 0 Å². The summed E-state index contributed by atoms with van der Waals surface area (Å²) in [4.78, 5) is 23.3. The van der Waals surface area contributed by atoms with Crippen molar-refractivity contribution in [2.24, 2.45) is 5.73 Å². The molecule has 0 spiro atoms. The zero-order valence-corrected chi connectivity index (χ0v) is 18.3. The molecule has 0 aliphatic heterocycles. The van der Waals surface area contributed by atoms with Gasteiger partial charge in [0.2, 0.25) is 0 Å². The molecule has 0 heterocycles. The number of anilines is 4. The van der Waals surface area contributed by atoms with E-state index < -0.39 is 23.7 Å². The highest BCUT2D eigenvalue weighted by molar-refractivity contribution is 5.98. The molecule has 3 aromatic carbocycles. The van der Waals surface area contributed by atoms with Gasteiger partial charge in [0, 0.05) is 0 Å². The monoisotopic (exact) mass is 495 g/mol. The Kier molecular flexibility index (Phi) is 8.50. The number of aromatic carboxylic acids is 2. The Morgan fingerprint density at radius 1 is 0.794 bits per heavy atom. The molecule has 0 unspecified atom stereocenters. The fourth-order valence-corrected chi connectivity index (χ4v) is 3.20. The number of nitrogens with two attached hydrogens (primary N) is 1. The lowest BCUT2D eigenvalue weighted by Gasteiger charge is -2.19. The van der Waals surface area contributed by atoms with Gasteiger partial charge in [0.15, 0.2) is 0 Å². The first-order valence-corrected chi connectivity index (χ1v) is 9.74. The van der Waals surface area contributed by atoms with Gasteiger partial charge in [0.25, 0.3) is 0 Å². The highest BCUT2D eigenvalue weighted by Crippen LogP contribution is 2.37. The molecule has 180 valence electrons. The van der Waals surface area contributed by atoms with Crippen molar-refractivity contribution in [1.29, 1.82) is 0 Å². The minimum Gasteiger partial charge on any atom is -0.478 e. The van der Waals surface area contributed by atoms with Crippen LogP contribution in [-0.2, 0) is 12.6 Å². The second-order valence-corrected chi connectivity index (χ2v) is 7.08. The maximum absolute atomic E-state index is 13.3. The number of alkyl halides is 3. The summed E-state index contributed by atoms with van der Waals surface area (Å²) in [6.07, 6.45) is -4.18. The van der Waals surface area contributed by atoms with Crippen molar-refractivity contribution in [1.82, 2.24) is 0 Å². The predicted octanol–water partition coefficient (Wildman–Crippen LogP) is 5.51. The van der Waals surface area contributed by atoms with E-state index in [0.717, 1.165) is 18.2 Å². The molecule has 6 N–H and O–H groups in total. The molecule has 11 heteroatoms. The van der Waals surface area contributed by atoms with Crippen LogP contribution in [0.15, 0.2) is 60.7 Å². The van der Waals surface area contributed by atoms with Crippen molar-refractivity contribution in [2.45, 2.75) is 12.6 Å². The Labute approximate surface area is 198 Å². The summed E-state index contributed by atoms with van der Waals surface area (Å²) in [5.74, 6) is -2.49. The predicted molar refractivity (Wildman–Crippen MR) is 125 cm³/mol. The number of carboxylic acids is 2. The van der Waals surface area contributed by atoms with Gasteiger partial charge in [-0.2, -0.15) is 13.2 Å². The lowest BCUT2D eigenvalue weighted by Crippen LogP contribution is -2.10. The van der Waals surface area contributed by atoms with E-state index in [9.17, 15) is 33.0 Å². The smallest absolute Gasteiger partial charge is 0.416 e. The van der Waals surface area contributed by atoms with Gasteiger partial charge in [-0.3, -0.25) is 0 Å². The summed E-state index contributed by atoms with van der Waals surface area (Å²) < 4.78 is 40.0. The average molecular weight is 496 g/mol. The van der Waals surface area contributed by atoms with E-state index in [0.29, 0.717) is 18.5 Å². The van der Waals surface area contributed by atoms with Gasteiger partial charge in [-0.25, -0.2) is 9.59 Å². The Morgan fingerprint density at radius 3 is 2.00 bits per heavy atom. The van der Waals surface area contributed by atoms with Crippen molar-refractivity contribution in [3.05, 3.63) is 82.9 Å². The molecule has 0 bridgehead atoms. The summed E-state index contributed by atoms with van der Waals surface area (Å²) in [5.41, 5.74) is 5.29. The first kappa shape index (κ1) is 26.5.